The first-order valence-electron chi connectivity index (χ1n) is 9.93. The quantitative estimate of drug-likeness (QED) is 0.533. The van der Waals surface area contributed by atoms with E-state index in [4.69, 9.17) is 0 Å². The molecule has 0 bridgehead atoms. The van der Waals surface area contributed by atoms with Gasteiger partial charge in [-0.25, -0.2) is 0 Å². The summed E-state index contributed by atoms with van der Waals surface area (Å²) in [5.74, 6) is 1.07. The molecule has 1 amide bonds. The first-order valence-corrected chi connectivity index (χ1v) is 10.9. The van der Waals surface area contributed by atoms with E-state index in [0.717, 1.165) is 11.3 Å². The molecule has 152 valence electrons. The maximum absolute atomic E-state index is 12.7. The van der Waals surface area contributed by atoms with E-state index in [2.05, 4.69) is 67.5 Å². The van der Waals surface area contributed by atoms with Gasteiger partial charge in [-0.15, -0.1) is 10.2 Å². The van der Waals surface area contributed by atoms with Crippen molar-refractivity contribution in [2.45, 2.75) is 44.8 Å². The zero-order valence-electron chi connectivity index (χ0n) is 17.4. The van der Waals surface area contributed by atoms with Crippen LogP contribution in [0.4, 0.5) is 0 Å². The van der Waals surface area contributed by atoms with Crippen molar-refractivity contribution in [3.8, 4) is 5.69 Å². The zero-order chi connectivity index (χ0) is 20.8. The van der Waals surface area contributed by atoms with E-state index in [1.165, 1.54) is 17.3 Å². The number of rotatable bonds is 8. The monoisotopic (exact) mass is 408 g/mol. The Morgan fingerprint density at radius 3 is 2.28 bits per heavy atom. The fraction of sp³-hybridized carbons (Fsp3) is 0.348. The summed E-state index contributed by atoms with van der Waals surface area (Å²) in [6.45, 7) is 8.62. The number of hydrogen-bond donors (Lipinski definition) is 1. The van der Waals surface area contributed by atoms with Crippen LogP contribution in [0.3, 0.4) is 0 Å². The van der Waals surface area contributed by atoms with Gasteiger partial charge in [0.25, 0.3) is 0 Å². The van der Waals surface area contributed by atoms with Gasteiger partial charge in [-0.2, -0.15) is 0 Å². The van der Waals surface area contributed by atoms with Crippen LogP contribution in [-0.4, -0.2) is 26.4 Å². The van der Waals surface area contributed by atoms with Crippen molar-refractivity contribution in [2.24, 2.45) is 5.92 Å². The summed E-state index contributed by atoms with van der Waals surface area (Å²) in [7, 11) is 0. The molecule has 1 N–H and O–H groups in total. The number of aromatic nitrogens is 3. The van der Waals surface area contributed by atoms with Crippen LogP contribution in [0.15, 0.2) is 66.1 Å². The van der Waals surface area contributed by atoms with Crippen LogP contribution in [0.1, 0.15) is 50.8 Å². The number of nitrogens with zero attached hydrogens (tertiary/aromatic N) is 3. The van der Waals surface area contributed by atoms with E-state index in [9.17, 15) is 4.79 Å². The maximum Gasteiger partial charge on any atom is 0.230 e. The molecule has 0 fully saturated rings. The van der Waals surface area contributed by atoms with Crippen molar-refractivity contribution in [3.05, 3.63) is 72.1 Å². The van der Waals surface area contributed by atoms with Gasteiger partial charge in [-0.1, -0.05) is 81.9 Å². The summed E-state index contributed by atoms with van der Waals surface area (Å²) < 4.78 is 1.89. The molecule has 3 aromatic rings. The number of benzene rings is 2. The van der Waals surface area contributed by atoms with Crippen LogP contribution in [0.25, 0.3) is 5.69 Å². The Kier molecular flexibility index (Phi) is 7.09. The van der Waals surface area contributed by atoms with Crippen LogP contribution in [0, 0.1) is 5.92 Å². The molecule has 0 aliphatic rings. The molecule has 0 spiro atoms. The smallest absolute Gasteiger partial charge is 0.230 e. The predicted molar refractivity (Wildman–Crippen MR) is 118 cm³/mol. The molecule has 1 aromatic heterocycles. The lowest BCUT2D eigenvalue weighted by atomic mass is 9.93. The van der Waals surface area contributed by atoms with Crippen molar-refractivity contribution in [2.75, 3.05) is 5.75 Å². The average molecular weight is 409 g/mol. The number of carbonyl (C=O) groups is 1. The third-order valence-electron chi connectivity index (χ3n) is 4.83. The minimum absolute atomic E-state index is 0.00996. The standard InChI is InChI=1S/C23H28N4OS/c1-16(2)18-10-12-19(13-11-18)22(17(3)4)25-21(28)14-29-23-26-24-15-27(23)20-8-6-5-7-9-20/h5-13,15-17,22H,14H2,1-4H3,(H,25,28)/t22-/m0/s1. The molecular formula is C23H28N4OS. The third-order valence-corrected chi connectivity index (χ3v) is 5.77. The summed E-state index contributed by atoms with van der Waals surface area (Å²) in [6.07, 6.45) is 1.67. The van der Waals surface area contributed by atoms with E-state index in [0.29, 0.717) is 22.7 Å². The summed E-state index contributed by atoms with van der Waals surface area (Å²) in [5.41, 5.74) is 3.42. The largest absolute Gasteiger partial charge is 0.348 e. The third kappa shape index (κ3) is 5.48. The van der Waals surface area contributed by atoms with Crippen molar-refractivity contribution >= 4 is 17.7 Å². The second-order valence-electron chi connectivity index (χ2n) is 7.72. The highest BCUT2D eigenvalue weighted by Crippen LogP contribution is 2.25. The molecule has 0 aliphatic carbocycles. The summed E-state index contributed by atoms with van der Waals surface area (Å²) >= 11 is 1.39. The van der Waals surface area contributed by atoms with E-state index in [-0.39, 0.29) is 11.9 Å². The van der Waals surface area contributed by atoms with Crippen molar-refractivity contribution in [1.82, 2.24) is 20.1 Å². The van der Waals surface area contributed by atoms with Gasteiger partial charge in [0, 0.05) is 5.69 Å². The molecule has 29 heavy (non-hydrogen) atoms. The van der Waals surface area contributed by atoms with Crippen molar-refractivity contribution < 1.29 is 4.79 Å². The number of para-hydroxylation sites is 1. The Hall–Kier alpha value is -2.60. The SMILES string of the molecule is CC(C)c1ccc([C@@H](NC(=O)CSc2nncn2-c2ccccc2)C(C)C)cc1. The van der Waals surface area contributed by atoms with Crippen LogP contribution in [-0.2, 0) is 4.79 Å². The molecule has 1 atom stereocenters. The lowest BCUT2D eigenvalue weighted by molar-refractivity contribution is -0.119. The second-order valence-corrected chi connectivity index (χ2v) is 8.66. The molecule has 3 rings (SSSR count). The Balaban J connectivity index is 1.64. The summed E-state index contributed by atoms with van der Waals surface area (Å²) in [6, 6.07) is 18.4. The van der Waals surface area contributed by atoms with Gasteiger partial charge in [-0.3, -0.25) is 9.36 Å². The van der Waals surface area contributed by atoms with E-state index in [1.807, 2.05) is 34.9 Å². The fourth-order valence-corrected chi connectivity index (χ4v) is 3.90. The Labute approximate surface area is 176 Å². The topological polar surface area (TPSA) is 59.8 Å². The minimum Gasteiger partial charge on any atom is -0.348 e. The number of carbonyl (C=O) groups excluding carboxylic acids is 1. The Bertz CT molecular complexity index is 920. The number of hydrogen-bond acceptors (Lipinski definition) is 4. The highest BCUT2D eigenvalue weighted by molar-refractivity contribution is 7.99. The second kappa shape index (κ2) is 9.74. The van der Waals surface area contributed by atoms with Gasteiger partial charge in [0.2, 0.25) is 5.91 Å². The molecular weight excluding hydrogens is 380 g/mol. The first-order chi connectivity index (χ1) is 14.0. The van der Waals surface area contributed by atoms with Gasteiger partial charge in [0.15, 0.2) is 5.16 Å². The molecule has 6 heteroatoms. The van der Waals surface area contributed by atoms with Gasteiger partial charge in [0.05, 0.1) is 11.8 Å². The lowest BCUT2D eigenvalue weighted by Crippen LogP contribution is -2.33. The zero-order valence-corrected chi connectivity index (χ0v) is 18.2. The lowest BCUT2D eigenvalue weighted by Gasteiger charge is -2.23. The molecule has 0 saturated heterocycles. The van der Waals surface area contributed by atoms with Crippen LogP contribution in [0.5, 0.6) is 0 Å². The van der Waals surface area contributed by atoms with Crippen LogP contribution < -0.4 is 5.32 Å². The fourth-order valence-electron chi connectivity index (χ4n) is 3.16. The number of thioether (sulfide) groups is 1. The summed E-state index contributed by atoms with van der Waals surface area (Å²) in [5, 5.41) is 12.0. The molecule has 2 aromatic carbocycles. The molecule has 1 heterocycles. The molecule has 0 radical (unpaired) electrons. The molecule has 0 aliphatic heterocycles. The Morgan fingerprint density at radius 1 is 1.00 bits per heavy atom. The number of amides is 1. The van der Waals surface area contributed by atoms with Crippen LogP contribution >= 0.6 is 11.8 Å². The first kappa shape index (κ1) is 21.1. The normalized spacial score (nSPS) is 12.3. The maximum atomic E-state index is 12.7. The van der Waals surface area contributed by atoms with Gasteiger partial charge in [0.1, 0.15) is 6.33 Å². The number of nitrogens with one attached hydrogen (secondary N) is 1. The molecule has 5 nitrogen and oxygen atoms in total. The molecule has 0 unspecified atom stereocenters. The van der Waals surface area contributed by atoms with Crippen molar-refractivity contribution in [1.29, 1.82) is 0 Å². The van der Waals surface area contributed by atoms with Gasteiger partial charge >= 0.3 is 0 Å². The predicted octanol–water partition coefficient (Wildman–Crippen LogP) is 5.00. The van der Waals surface area contributed by atoms with E-state index in [1.54, 1.807) is 6.33 Å². The average Bonchev–Trinajstić information content (AvgIpc) is 3.19. The highest BCUT2D eigenvalue weighted by atomic mass is 32.2. The molecule has 0 saturated carbocycles. The summed E-state index contributed by atoms with van der Waals surface area (Å²) in [4.78, 5) is 12.7. The van der Waals surface area contributed by atoms with E-state index >= 15 is 0 Å². The highest BCUT2D eigenvalue weighted by Gasteiger charge is 2.19. The van der Waals surface area contributed by atoms with Gasteiger partial charge in [-0.05, 0) is 35.1 Å². The van der Waals surface area contributed by atoms with E-state index < -0.39 is 0 Å². The minimum atomic E-state index is -0.0173. The van der Waals surface area contributed by atoms with Crippen LogP contribution in [0.2, 0.25) is 0 Å². The Morgan fingerprint density at radius 2 is 1.66 bits per heavy atom. The van der Waals surface area contributed by atoms with Gasteiger partial charge < -0.3 is 5.32 Å². The van der Waals surface area contributed by atoms with Crippen molar-refractivity contribution in [3.63, 3.8) is 0 Å².